The number of nitrogens with one attached hydrogen (secondary N) is 1. The van der Waals surface area contributed by atoms with Gasteiger partial charge >= 0.3 is 0 Å². The summed E-state index contributed by atoms with van der Waals surface area (Å²) in [4.78, 5) is 4.27. The number of aromatic nitrogens is 2. The lowest BCUT2D eigenvalue weighted by molar-refractivity contribution is 0.0655. The van der Waals surface area contributed by atoms with Crippen LogP contribution in [0.25, 0.3) is 0 Å². The lowest BCUT2D eigenvalue weighted by atomic mass is 10.1. The van der Waals surface area contributed by atoms with Crippen molar-refractivity contribution in [2.45, 2.75) is 45.2 Å². The van der Waals surface area contributed by atoms with Crippen molar-refractivity contribution >= 4 is 0 Å². The first-order valence-electron chi connectivity index (χ1n) is 5.93. The van der Waals surface area contributed by atoms with Gasteiger partial charge in [0.15, 0.2) is 5.82 Å². The van der Waals surface area contributed by atoms with Crippen LogP contribution in [0.2, 0.25) is 0 Å². The summed E-state index contributed by atoms with van der Waals surface area (Å²) in [5, 5.41) is 7.49. The molecule has 1 aromatic rings. The van der Waals surface area contributed by atoms with E-state index in [0.29, 0.717) is 11.9 Å². The molecule has 0 spiro atoms. The molecule has 1 aromatic heterocycles. The fraction of sp³-hybridized carbons (Fsp3) is 0.818. The standard InChI is InChI=1S/C11H19N3O2/c1-3-10(11-12-8(2)16-14-11)13-9-5-4-6-15-7-9/h9-10,13H,3-7H2,1-2H3. The van der Waals surface area contributed by atoms with Crippen LogP contribution < -0.4 is 5.32 Å². The van der Waals surface area contributed by atoms with Gasteiger partial charge in [0.1, 0.15) is 0 Å². The van der Waals surface area contributed by atoms with Gasteiger partial charge in [0.2, 0.25) is 5.89 Å². The summed E-state index contributed by atoms with van der Waals surface area (Å²) in [6, 6.07) is 0.585. The van der Waals surface area contributed by atoms with E-state index in [1.165, 1.54) is 0 Å². The second-order valence-electron chi connectivity index (χ2n) is 4.21. The number of hydrogen-bond donors (Lipinski definition) is 1. The third-order valence-corrected chi connectivity index (χ3v) is 2.86. The van der Waals surface area contributed by atoms with Gasteiger partial charge in [-0.3, -0.25) is 0 Å². The zero-order valence-electron chi connectivity index (χ0n) is 9.90. The highest BCUT2D eigenvalue weighted by Gasteiger charge is 2.21. The molecule has 1 fully saturated rings. The molecule has 2 unspecified atom stereocenters. The van der Waals surface area contributed by atoms with Crippen molar-refractivity contribution in [3.63, 3.8) is 0 Å². The van der Waals surface area contributed by atoms with Crippen LogP contribution in [0.3, 0.4) is 0 Å². The van der Waals surface area contributed by atoms with Crippen LogP contribution in [0.1, 0.15) is 43.9 Å². The third-order valence-electron chi connectivity index (χ3n) is 2.86. The minimum Gasteiger partial charge on any atom is -0.380 e. The van der Waals surface area contributed by atoms with Gasteiger partial charge < -0.3 is 14.6 Å². The highest BCUT2D eigenvalue weighted by Crippen LogP contribution is 2.16. The van der Waals surface area contributed by atoms with Gasteiger partial charge in [0, 0.05) is 19.6 Å². The largest absolute Gasteiger partial charge is 0.380 e. The summed E-state index contributed by atoms with van der Waals surface area (Å²) in [5.41, 5.74) is 0. The molecule has 16 heavy (non-hydrogen) atoms. The Labute approximate surface area is 95.6 Å². The first-order chi connectivity index (χ1) is 7.79. The molecule has 2 atom stereocenters. The molecule has 90 valence electrons. The van der Waals surface area contributed by atoms with E-state index in [1.807, 2.05) is 6.92 Å². The van der Waals surface area contributed by atoms with E-state index in [9.17, 15) is 0 Å². The zero-order valence-corrected chi connectivity index (χ0v) is 9.90. The van der Waals surface area contributed by atoms with E-state index in [-0.39, 0.29) is 6.04 Å². The molecule has 0 radical (unpaired) electrons. The molecule has 1 aliphatic rings. The highest BCUT2D eigenvalue weighted by atomic mass is 16.5. The third kappa shape index (κ3) is 2.80. The quantitative estimate of drug-likeness (QED) is 0.843. The van der Waals surface area contributed by atoms with Crippen molar-refractivity contribution in [2.24, 2.45) is 0 Å². The predicted molar refractivity (Wildman–Crippen MR) is 59.0 cm³/mol. The molecule has 2 heterocycles. The average Bonchev–Trinajstić information content (AvgIpc) is 2.74. The molecule has 2 rings (SSSR count). The van der Waals surface area contributed by atoms with Gasteiger partial charge in [0.05, 0.1) is 12.6 Å². The Morgan fingerprint density at radius 3 is 3.00 bits per heavy atom. The van der Waals surface area contributed by atoms with E-state index in [4.69, 9.17) is 9.26 Å². The maximum absolute atomic E-state index is 5.44. The Hall–Kier alpha value is -0.940. The van der Waals surface area contributed by atoms with Crippen LogP contribution in [0.4, 0.5) is 0 Å². The van der Waals surface area contributed by atoms with Gasteiger partial charge in [0.25, 0.3) is 0 Å². The number of nitrogens with zero attached hydrogens (tertiary/aromatic N) is 2. The normalized spacial score (nSPS) is 23.2. The van der Waals surface area contributed by atoms with Gasteiger partial charge in [-0.15, -0.1) is 0 Å². The van der Waals surface area contributed by atoms with Crippen molar-refractivity contribution in [1.82, 2.24) is 15.5 Å². The van der Waals surface area contributed by atoms with Crippen molar-refractivity contribution < 1.29 is 9.26 Å². The molecule has 0 amide bonds. The summed E-state index contributed by atoms with van der Waals surface area (Å²) in [7, 11) is 0. The Balaban J connectivity index is 1.94. The van der Waals surface area contributed by atoms with E-state index in [0.717, 1.165) is 38.3 Å². The minimum absolute atomic E-state index is 0.171. The average molecular weight is 225 g/mol. The highest BCUT2D eigenvalue weighted by molar-refractivity contribution is 4.94. The Morgan fingerprint density at radius 1 is 1.56 bits per heavy atom. The maximum atomic E-state index is 5.44. The first kappa shape index (κ1) is 11.5. The summed E-state index contributed by atoms with van der Waals surface area (Å²) in [6.07, 6.45) is 3.24. The zero-order chi connectivity index (χ0) is 11.4. The number of hydrogen-bond acceptors (Lipinski definition) is 5. The Bertz CT molecular complexity index is 321. The monoisotopic (exact) mass is 225 g/mol. The molecule has 1 aliphatic heterocycles. The number of rotatable bonds is 4. The van der Waals surface area contributed by atoms with Gasteiger partial charge in [-0.25, -0.2) is 0 Å². The number of aryl methyl sites for hydroxylation is 1. The van der Waals surface area contributed by atoms with Crippen molar-refractivity contribution in [3.05, 3.63) is 11.7 Å². The van der Waals surface area contributed by atoms with Crippen LogP contribution in [0.15, 0.2) is 4.52 Å². The SMILES string of the molecule is CCC(NC1CCCOC1)c1noc(C)n1. The topological polar surface area (TPSA) is 60.2 Å². The summed E-state index contributed by atoms with van der Waals surface area (Å²) >= 11 is 0. The van der Waals surface area contributed by atoms with Gasteiger partial charge in [-0.05, 0) is 19.3 Å². The van der Waals surface area contributed by atoms with Crippen molar-refractivity contribution in [1.29, 1.82) is 0 Å². The summed E-state index contributed by atoms with van der Waals surface area (Å²) in [5.74, 6) is 1.38. The van der Waals surface area contributed by atoms with Gasteiger partial charge in [-0.2, -0.15) is 4.98 Å². The molecule has 1 N–H and O–H groups in total. The van der Waals surface area contributed by atoms with Gasteiger partial charge in [-0.1, -0.05) is 12.1 Å². The molecular formula is C11H19N3O2. The van der Waals surface area contributed by atoms with Crippen LogP contribution in [0, 0.1) is 6.92 Å². The van der Waals surface area contributed by atoms with Crippen molar-refractivity contribution in [2.75, 3.05) is 13.2 Å². The number of ether oxygens (including phenoxy) is 1. The van der Waals surface area contributed by atoms with Crippen LogP contribution in [-0.2, 0) is 4.74 Å². The van der Waals surface area contributed by atoms with E-state index in [1.54, 1.807) is 0 Å². The van der Waals surface area contributed by atoms with E-state index >= 15 is 0 Å². The fourth-order valence-corrected chi connectivity index (χ4v) is 1.99. The minimum atomic E-state index is 0.171. The molecular weight excluding hydrogens is 206 g/mol. The smallest absolute Gasteiger partial charge is 0.223 e. The Kier molecular flexibility index (Phi) is 3.90. The molecule has 0 aliphatic carbocycles. The summed E-state index contributed by atoms with van der Waals surface area (Å²) in [6.45, 7) is 5.60. The van der Waals surface area contributed by atoms with Crippen LogP contribution in [0.5, 0.6) is 0 Å². The fourth-order valence-electron chi connectivity index (χ4n) is 1.99. The van der Waals surface area contributed by atoms with E-state index in [2.05, 4.69) is 22.4 Å². The second-order valence-corrected chi connectivity index (χ2v) is 4.21. The molecule has 0 aromatic carbocycles. The summed E-state index contributed by atoms with van der Waals surface area (Å²) < 4.78 is 10.4. The predicted octanol–water partition coefficient (Wildman–Crippen LogP) is 1.60. The Morgan fingerprint density at radius 2 is 2.44 bits per heavy atom. The first-order valence-corrected chi connectivity index (χ1v) is 5.93. The second kappa shape index (κ2) is 5.41. The molecule has 0 bridgehead atoms. The van der Waals surface area contributed by atoms with Crippen molar-refractivity contribution in [3.8, 4) is 0 Å². The van der Waals surface area contributed by atoms with Crippen LogP contribution >= 0.6 is 0 Å². The molecule has 5 heteroatoms. The molecule has 0 saturated carbocycles. The molecule has 1 saturated heterocycles. The molecule has 5 nitrogen and oxygen atoms in total. The van der Waals surface area contributed by atoms with E-state index < -0.39 is 0 Å². The maximum Gasteiger partial charge on any atom is 0.223 e. The lowest BCUT2D eigenvalue weighted by Gasteiger charge is -2.26. The van der Waals surface area contributed by atoms with Crippen LogP contribution in [-0.4, -0.2) is 29.4 Å². The lowest BCUT2D eigenvalue weighted by Crippen LogP contribution is -2.39.